The molecule has 0 radical (unpaired) electrons. The fourth-order valence-corrected chi connectivity index (χ4v) is 3.28. The van der Waals surface area contributed by atoms with Crippen molar-refractivity contribution in [2.24, 2.45) is 5.92 Å². The van der Waals surface area contributed by atoms with Crippen molar-refractivity contribution in [1.82, 2.24) is 0 Å². The molecule has 0 saturated carbocycles. The van der Waals surface area contributed by atoms with Crippen LogP contribution in [0.2, 0.25) is 0 Å². The highest BCUT2D eigenvalue weighted by molar-refractivity contribution is 6.09. The first kappa shape index (κ1) is 20.5. The number of carbonyl (C=O) groups excluding carboxylic acids is 2. The summed E-state index contributed by atoms with van der Waals surface area (Å²) in [4.78, 5) is 25.1. The van der Waals surface area contributed by atoms with Gasteiger partial charge in [-0.3, -0.25) is 9.59 Å². The lowest BCUT2D eigenvalue weighted by Gasteiger charge is -2.14. The van der Waals surface area contributed by atoms with Gasteiger partial charge in [0.05, 0.1) is 5.92 Å². The molecule has 0 aliphatic carbocycles. The third kappa shape index (κ3) is 5.41. The summed E-state index contributed by atoms with van der Waals surface area (Å²) in [5, 5.41) is 2.94. The van der Waals surface area contributed by atoms with Crippen LogP contribution in [-0.2, 0) is 11.2 Å². The maximum atomic E-state index is 12.6. The Morgan fingerprint density at radius 3 is 1.93 bits per heavy atom. The molecule has 0 aromatic heterocycles. The number of rotatable bonds is 7. The minimum Gasteiger partial charge on any atom is -0.326 e. The standard InChI is InChI=1S/C26H27NO2/c1-18(2)17-20-9-11-21(12-10-20)19(3)26(29)27-24-15-13-23(14-16-24)25(28)22-7-5-4-6-8-22/h4-16,18-19H,17H2,1-3H3,(H,27,29)/t19-/m0/s1. The average Bonchev–Trinajstić information content (AvgIpc) is 2.74. The normalized spacial score (nSPS) is 11.9. The van der Waals surface area contributed by atoms with E-state index in [1.807, 2.05) is 37.3 Å². The molecule has 0 fully saturated rings. The number of benzene rings is 3. The van der Waals surface area contributed by atoms with Crippen LogP contribution < -0.4 is 5.32 Å². The Morgan fingerprint density at radius 2 is 1.34 bits per heavy atom. The predicted octanol–water partition coefficient (Wildman–Crippen LogP) is 5.86. The van der Waals surface area contributed by atoms with E-state index in [2.05, 4.69) is 31.3 Å². The summed E-state index contributed by atoms with van der Waals surface area (Å²) in [5.41, 5.74) is 4.21. The molecular formula is C26H27NO2. The number of hydrogen-bond donors (Lipinski definition) is 1. The second-order valence-corrected chi connectivity index (χ2v) is 7.82. The van der Waals surface area contributed by atoms with Crippen LogP contribution in [-0.4, -0.2) is 11.7 Å². The van der Waals surface area contributed by atoms with Gasteiger partial charge in [-0.1, -0.05) is 68.4 Å². The van der Waals surface area contributed by atoms with Gasteiger partial charge in [0.25, 0.3) is 0 Å². The summed E-state index contributed by atoms with van der Waals surface area (Å²) in [6.45, 7) is 6.30. The number of ketones is 1. The zero-order valence-corrected chi connectivity index (χ0v) is 17.2. The van der Waals surface area contributed by atoms with E-state index >= 15 is 0 Å². The minimum atomic E-state index is -0.256. The second kappa shape index (κ2) is 9.33. The Labute approximate surface area is 172 Å². The summed E-state index contributed by atoms with van der Waals surface area (Å²) < 4.78 is 0. The minimum absolute atomic E-state index is 0.0293. The highest BCUT2D eigenvalue weighted by atomic mass is 16.2. The molecule has 3 aromatic carbocycles. The van der Waals surface area contributed by atoms with E-state index in [-0.39, 0.29) is 17.6 Å². The van der Waals surface area contributed by atoms with Gasteiger partial charge in [-0.05, 0) is 54.7 Å². The third-order valence-electron chi connectivity index (χ3n) is 4.97. The van der Waals surface area contributed by atoms with Gasteiger partial charge in [0.2, 0.25) is 5.91 Å². The van der Waals surface area contributed by atoms with Crippen molar-refractivity contribution < 1.29 is 9.59 Å². The summed E-state index contributed by atoms with van der Waals surface area (Å²) in [7, 11) is 0. The van der Waals surface area contributed by atoms with Crippen LogP contribution in [0.25, 0.3) is 0 Å². The van der Waals surface area contributed by atoms with Gasteiger partial charge in [0.1, 0.15) is 0 Å². The monoisotopic (exact) mass is 385 g/mol. The maximum Gasteiger partial charge on any atom is 0.231 e. The quantitative estimate of drug-likeness (QED) is 0.518. The molecule has 0 bridgehead atoms. The first-order valence-electron chi connectivity index (χ1n) is 10.0. The predicted molar refractivity (Wildman–Crippen MR) is 118 cm³/mol. The zero-order chi connectivity index (χ0) is 20.8. The van der Waals surface area contributed by atoms with Crippen molar-refractivity contribution in [3.05, 3.63) is 101 Å². The Balaban J connectivity index is 1.63. The summed E-state index contributed by atoms with van der Waals surface area (Å²) >= 11 is 0. The molecule has 3 nitrogen and oxygen atoms in total. The lowest BCUT2D eigenvalue weighted by atomic mass is 9.96. The lowest BCUT2D eigenvalue weighted by Crippen LogP contribution is -2.19. The van der Waals surface area contributed by atoms with Crippen molar-refractivity contribution >= 4 is 17.4 Å². The SMILES string of the molecule is CC(C)Cc1ccc([C@H](C)C(=O)Nc2ccc(C(=O)c3ccccc3)cc2)cc1. The smallest absolute Gasteiger partial charge is 0.231 e. The Bertz CT molecular complexity index is 958. The Hall–Kier alpha value is -3.20. The molecule has 0 aliphatic heterocycles. The van der Waals surface area contributed by atoms with E-state index in [1.54, 1.807) is 36.4 Å². The first-order chi connectivity index (χ1) is 13.9. The zero-order valence-electron chi connectivity index (χ0n) is 17.2. The highest BCUT2D eigenvalue weighted by Gasteiger charge is 2.16. The third-order valence-corrected chi connectivity index (χ3v) is 4.97. The number of hydrogen-bond acceptors (Lipinski definition) is 2. The van der Waals surface area contributed by atoms with Crippen LogP contribution in [0.1, 0.15) is 53.7 Å². The van der Waals surface area contributed by atoms with E-state index in [0.29, 0.717) is 22.7 Å². The van der Waals surface area contributed by atoms with E-state index in [4.69, 9.17) is 0 Å². The molecule has 1 N–H and O–H groups in total. The molecule has 29 heavy (non-hydrogen) atoms. The van der Waals surface area contributed by atoms with Crippen molar-refractivity contribution in [3.8, 4) is 0 Å². The molecule has 148 valence electrons. The molecule has 0 aliphatic rings. The fourth-order valence-electron chi connectivity index (χ4n) is 3.28. The van der Waals surface area contributed by atoms with E-state index < -0.39 is 0 Å². The van der Waals surface area contributed by atoms with Crippen molar-refractivity contribution in [1.29, 1.82) is 0 Å². The van der Waals surface area contributed by atoms with Crippen LogP contribution in [0.15, 0.2) is 78.9 Å². The molecule has 0 heterocycles. The van der Waals surface area contributed by atoms with E-state index in [9.17, 15) is 9.59 Å². The molecule has 0 unspecified atom stereocenters. The lowest BCUT2D eigenvalue weighted by molar-refractivity contribution is -0.117. The van der Waals surface area contributed by atoms with Crippen LogP contribution in [0, 0.1) is 5.92 Å². The molecular weight excluding hydrogens is 358 g/mol. The largest absolute Gasteiger partial charge is 0.326 e. The second-order valence-electron chi connectivity index (χ2n) is 7.82. The van der Waals surface area contributed by atoms with Crippen LogP contribution in [0.3, 0.4) is 0 Å². The highest BCUT2D eigenvalue weighted by Crippen LogP contribution is 2.20. The maximum absolute atomic E-state index is 12.6. The van der Waals surface area contributed by atoms with Crippen LogP contribution >= 0.6 is 0 Å². The van der Waals surface area contributed by atoms with Gasteiger partial charge < -0.3 is 5.32 Å². The molecule has 1 amide bonds. The van der Waals surface area contributed by atoms with Crippen molar-refractivity contribution in [2.75, 3.05) is 5.32 Å². The summed E-state index contributed by atoms with van der Waals surface area (Å²) in [6.07, 6.45) is 1.04. The molecule has 3 aromatic rings. The molecule has 3 heteroatoms. The Kier molecular flexibility index (Phi) is 6.61. The number of carbonyl (C=O) groups is 2. The Morgan fingerprint density at radius 1 is 0.759 bits per heavy atom. The van der Waals surface area contributed by atoms with Gasteiger partial charge in [0.15, 0.2) is 5.78 Å². The molecule has 0 spiro atoms. The number of anilines is 1. The number of nitrogens with one attached hydrogen (secondary N) is 1. The van der Waals surface area contributed by atoms with Crippen LogP contribution in [0.5, 0.6) is 0 Å². The molecule has 1 atom stereocenters. The van der Waals surface area contributed by atoms with Crippen molar-refractivity contribution in [3.63, 3.8) is 0 Å². The van der Waals surface area contributed by atoms with Gasteiger partial charge in [0, 0.05) is 16.8 Å². The summed E-state index contributed by atoms with van der Waals surface area (Å²) in [5.74, 6) is 0.258. The first-order valence-corrected chi connectivity index (χ1v) is 10.0. The molecule has 3 rings (SSSR count). The van der Waals surface area contributed by atoms with Gasteiger partial charge in [-0.25, -0.2) is 0 Å². The van der Waals surface area contributed by atoms with Gasteiger partial charge >= 0.3 is 0 Å². The number of amides is 1. The van der Waals surface area contributed by atoms with Crippen LogP contribution in [0.4, 0.5) is 5.69 Å². The molecule has 0 saturated heterocycles. The van der Waals surface area contributed by atoms with Crippen molar-refractivity contribution in [2.45, 2.75) is 33.1 Å². The van der Waals surface area contributed by atoms with Gasteiger partial charge in [-0.2, -0.15) is 0 Å². The average molecular weight is 386 g/mol. The van der Waals surface area contributed by atoms with E-state index in [1.165, 1.54) is 5.56 Å². The fraction of sp³-hybridized carbons (Fsp3) is 0.231. The topological polar surface area (TPSA) is 46.2 Å². The summed E-state index contributed by atoms with van der Waals surface area (Å²) in [6, 6.07) is 24.5. The van der Waals surface area contributed by atoms with Gasteiger partial charge in [-0.15, -0.1) is 0 Å². The van der Waals surface area contributed by atoms with E-state index in [0.717, 1.165) is 12.0 Å².